The Labute approximate surface area is 201 Å². The van der Waals surface area contributed by atoms with E-state index in [0.29, 0.717) is 45.6 Å². The second kappa shape index (κ2) is 9.75. The minimum atomic E-state index is -0.232. The number of ether oxygens (including phenoxy) is 2. The number of hydrogen-bond acceptors (Lipinski definition) is 6. The van der Waals surface area contributed by atoms with E-state index in [-0.39, 0.29) is 29.4 Å². The van der Waals surface area contributed by atoms with Crippen LogP contribution in [0.2, 0.25) is 5.02 Å². The summed E-state index contributed by atoms with van der Waals surface area (Å²) in [5.74, 6) is 0.586. The number of carbonyl (C=O) groups excluding carboxylic acids is 1. The Kier molecular flexibility index (Phi) is 6.97. The predicted molar refractivity (Wildman–Crippen MR) is 131 cm³/mol. The van der Waals surface area contributed by atoms with Gasteiger partial charge < -0.3 is 14.4 Å². The van der Waals surface area contributed by atoms with Crippen molar-refractivity contribution in [1.29, 1.82) is 0 Å². The number of thioether (sulfide) groups is 1. The van der Waals surface area contributed by atoms with Crippen LogP contribution >= 0.6 is 23.4 Å². The largest absolute Gasteiger partial charge is 0.495 e. The third kappa shape index (κ3) is 4.88. The Morgan fingerprint density at radius 3 is 2.64 bits per heavy atom. The van der Waals surface area contributed by atoms with E-state index in [1.165, 1.54) is 23.4 Å². The number of aryl methyl sites for hydroxylation is 1. The first-order chi connectivity index (χ1) is 15.8. The fourth-order valence-electron chi connectivity index (χ4n) is 4.01. The smallest absolute Gasteiger partial charge is 0.266 e. The van der Waals surface area contributed by atoms with Crippen molar-refractivity contribution in [3.63, 3.8) is 0 Å². The molecule has 1 aromatic heterocycles. The van der Waals surface area contributed by atoms with Gasteiger partial charge in [-0.1, -0.05) is 35.5 Å². The molecule has 2 heterocycles. The maximum atomic E-state index is 13.6. The number of methoxy groups -OCH3 is 1. The maximum Gasteiger partial charge on any atom is 0.266 e. The summed E-state index contributed by atoms with van der Waals surface area (Å²) in [6, 6.07) is 10.7. The first-order valence-electron chi connectivity index (χ1n) is 10.7. The summed E-state index contributed by atoms with van der Waals surface area (Å²) in [4.78, 5) is 33.1. The molecule has 3 aromatic rings. The minimum absolute atomic E-state index is 0.0130. The van der Waals surface area contributed by atoms with Gasteiger partial charge in [0, 0.05) is 24.2 Å². The molecule has 0 radical (unpaired) electrons. The molecule has 1 saturated heterocycles. The Bertz CT molecular complexity index is 1250. The van der Waals surface area contributed by atoms with E-state index < -0.39 is 0 Å². The van der Waals surface area contributed by atoms with Crippen LogP contribution in [0.4, 0.5) is 0 Å². The van der Waals surface area contributed by atoms with E-state index >= 15 is 0 Å². The first kappa shape index (κ1) is 23.6. The standard InChI is InChI=1S/C24H26ClN3O4S/c1-14-9-20(21(31-4)10-18(14)25)28-23(30)17-7-5-6-8-19(17)26-24(28)33-13-22(29)27-11-15(2)32-16(3)12-27/h5-10,15-16H,11-13H2,1-4H3/t15-,16-/m1/s1. The number of nitrogens with zero attached hydrogens (tertiary/aromatic N) is 3. The molecule has 0 N–H and O–H groups in total. The molecule has 9 heteroatoms. The second-order valence-electron chi connectivity index (χ2n) is 8.17. The summed E-state index contributed by atoms with van der Waals surface area (Å²) < 4.78 is 12.8. The normalized spacial score (nSPS) is 18.5. The number of halogens is 1. The lowest BCUT2D eigenvalue weighted by Gasteiger charge is -2.35. The minimum Gasteiger partial charge on any atom is -0.495 e. The van der Waals surface area contributed by atoms with Crippen LogP contribution in [0.15, 0.2) is 46.3 Å². The molecule has 1 aliphatic rings. The number of fused-ring (bicyclic) bond motifs is 1. The van der Waals surface area contributed by atoms with Crippen LogP contribution in [0, 0.1) is 6.92 Å². The zero-order valence-corrected chi connectivity index (χ0v) is 20.6. The summed E-state index contributed by atoms with van der Waals surface area (Å²) in [6.07, 6.45) is -0.0260. The first-order valence-corrected chi connectivity index (χ1v) is 12.1. The van der Waals surface area contributed by atoms with Crippen molar-refractivity contribution >= 4 is 40.2 Å². The van der Waals surface area contributed by atoms with E-state index in [0.717, 1.165) is 5.56 Å². The molecule has 7 nitrogen and oxygen atoms in total. The van der Waals surface area contributed by atoms with Gasteiger partial charge in [-0.15, -0.1) is 0 Å². The molecule has 4 rings (SSSR count). The van der Waals surface area contributed by atoms with Gasteiger partial charge in [-0.2, -0.15) is 0 Å². The van der Waals surface area contributed by atoms with Crippen LogP contribution in [0.1, 0.15) is 19.4 Å². The van der Waals surface area contributed by atoms with Gasteiger partial charge in [0.05, 0.1) is 41.7 Å². The molecule has 1 fully saturated rings. The van der Waals surface area contributed by atoms with Crippen molar-refractivity contribution < 1.29 is 14.3 Å². The summed E-state index contributed by atoms with van der Waals surface area (Å²) in [7, 11) is 1.53. The SMILES string of the molecule is COc1cc(Cl)c(C)cc1-n1c(SCC(=O)N2C[C@@H](C)O[C@H](C)C2)nc2ccccc2c1=O. The van der Waals surface area contributed by atoms with Gasteiger partial charge in [0.1, 0.15) is 5.75 Å². The number of aromatic nitrogens is 2. The number of hydrogen-bond donors (Lipinski definition) is 0. The predicted octanol–water partition coefficient (Wildman–Crippen LogP) is 4.08. The number of carbonyl (C=O) groups is 1. The van der Waals surface area contributed by atoms with Crippen molar-refractivity contribution in [1.82, 2.24) is 14.5 Å². The van der Waals surface area contributed by atoms with Crippen LogP contribution in [0.5, 0.6) is 5.75 Å². The molecule has 0 saturated carbocycles. The quantitative estimate of drug-likeness (QED) is 0.399. The molecular formula is C24H26ClN3O4S. The van der Waals surface area contributed by atoms with Gasteiger partial charge in [-0.3, -0.25) is 14.2 Å². The van der Waals surface area contributed by atoms with Gasteiger partial charge >= 0.3 is 0 Å². The molecular weight excluding hydrogens is 462 g/mol. The Morgan fingerprint density at radius 1 is 1.24 bits per heavy atom. The zero-order valence-electron chi connectivity index (χ0n) is 19.0. The number of rotatable bonds is 5. The number of morpholine rings is 1. The van der Waals surface area contributed by atoms with Crippen molar-refractivity contribution in [2.75, 3.05) is 26.0 Å². The Balaban J connectivity index is 1.76. The number of amides is 1. The molecule has 1 aliphatic heterocycles. The molecule has 2 aromatic carbocycles. The van der Waals surface area contributed by atoms with Crippen molar-refractivity contribution in [3.05, 3.63) is 57.3 Å². The highest BCUT2D eigenvalue weighted by atomic mass is 35.5. The van der Waals surface area contributed by atoms with Gasteiger partial charge in [-0.25, -0.2) is 4.98 Å². The number of benzene rings is 2. The fourth-order valence-corrected chi connectivity index (χ4v) is 5.07. The van der Waals surface area contributed by atoms with Crippen molar-refractivity contribution in [2.24, 2.45) is 0 Å². The number of para-hydroxylation sites is 1. The van der Waals surface area contributed by atoms with E-state index in [4.69, 9.17) is 26.1 Å². The monoisotopic (exact) mass is 487 g/mol. The van der Waals surface area contributed by atoms with Gasteiger partial charge in [0.15, 0.2) is 5.16 Å². The van der Waals surface area contributed by atoms with Gasteiger partial charge in [0.2, 0.25) is 5.91 Å². The van der Waals surface area contributed by atoms with Crippen molar-refractivity contribution in [2.45, 2.75) is 38.1 Å². The molecule has 0 aliphatic carbocycles. The zero-order chi connectivity index (χ0) is 23.7. The average molecular weight is 488 g/mol. The summed E-state index contributed by atoms with van der Waals surface area (Å²) in [6.45, 7) is 6.88. The molecule has 2 atom stereocenters. The lowest BCUT2D eigenvalue weighted by molar-refractivity contribution is -0.140. The third-order valence-corrected chi connectivity index (χ3v) is 6.87. The van der Waals surface area contributed by atoms with Crippen LogP contribution in [-0.2, 0) is 9.53 Å². The van der Waals surface area contributed by atoms with Crippen molar-refractivity contribution in [3.8, 4) is 11.4 Å². The summed E-state index contributed by atoms with van der Waals surface area (Å²) in [5, 5.41) is 1.44. The molecule has 174 valence electrons. The lowest BCUT2D eigenvalue weighted by atomic mass is 10.2. The highest BCUT2D eigenvalue weighted by Crippen LogP contribution is 2.32. The van der Waals surface area contributed by atoms with Crippen LogP contribution < -0.4 is 10.3 Å². The fraction of sp³-hybridized carbons (Fsp3) is 0.375. The van der Waals surface area contributed by atoms with E-state index in [1.54, 1.807) is 30.3 Å². The molecule has 0 spiro atoms. The molecule has 0 bridgehead atoms. The van der Waals surface area contributed by atoms with E-state index in [9.17, 15) is 9.59 Å². The Morgan fingerprint density at radius 2 is 1.94 bits per heavy atom. The summed E-state index contributed by atoms with van der Waals surface area (Å²) in [5.41, 5.74) is 1.68. The van der Waals surface area contributed by atoms with E-state index in [1.807, 2.05) is 31.7 Å². The van der Waals surface area contributed by atoms with Crippen LogP contribution in [0.3, 0.4) is 0 Å². The molecule has 33 heavy (non-hydrogen) atoms. The van der Waals surface area contributed by atoms with E-state index in [2.05, 4.69) is 0 Å². The van der Waals surface area contributed by atoms with Gasteiger partial charge in [0.25, 0.3) is 5.56 Å². The highest BCUT2D eigenvalue weighted by molar-refractivity contribution is 7.99. The lowest BCUT2D eigenvalue weighted by Crippen LogP contribution is -2.48. The topological polar surface area (TPSA) is 73.7 Å². The second-order valence-corrected chi connectivity index (χ2v) is 9.52. The third-order valence-electron chi connectivity index (χ3n) is 5.54. The highest BCUT2D eigenvalue weighted by Gasteiger charge is 2.26. The van der Waals surface area contributed by atoms with Crippen LogP contribution in [-0.4, -0.2) is 58.5 Å². The molecule has 1 amide bonds. The Hall–Kier alpha value is -2.55. The average Bonchev–Trinajstić information content (AvgIpc) is 2.78. The maximum absolute atomic E-state index is 13.6. The summed E-state index contributed by atoms with van der Waals surface area (Å²) >= 11 is 7.53. The van der Waals surface area contributed by atoms with Gasteiger partial charge in [-0.05, 0) is 44.5 Å². The van der Waals surface area contributed by atoms with Crippen LogP contribution in [0.25, 0.3) is 16.6 Å². The molecule has 0 unspecified atom stereocenters.